The Bertz CT molecular complexity index is 222. The molecule has 4 nitrogen and oxygen atoms in total. The number of hydrogen-bond donors (Lipinski definition) is 1. The summed E-state index contributed by atoms with van der Waals surface area (Å²) in [6.07, 6.45) is 2.85. The molecular formula is C9H16N2O2. The van der Waals surface area contributed by atoms with Crippen LogP contribution in [0.3, 0.4) is 0 Å². The summed E-state index contributed by atoms with van der Waals surface area (Å²) < 4.78 is 10.9. The van der Waals surface area contributed by atoms with E-state index in [0.717, 1.165) is 32.5 Å². The number of nitrogens with two attached hydrogens (primary N) is 1. The van der Waals surface area contributed by atoms with Gasteiger partial charge in [0, 0.05) is 19.3 Å². The molecule has 2 aliphatic rings. The molecule has 1 saturated heterocycles. The van der Waals surface area contributed by atoms with Crippen LogP contribution in [0.15, 0.2) is 4.99 Å². The first-order valence-corrected chi connectivity index (χ1v) is 4.80. The Kier molecular flexibility index (Phi) is 2.15. The lowest BCUT2D eigenvalue weighted by Crippen LogP contribution is -2.47. The number of ether oxygens (including phenoxy) is 2. The van der Waals surface area contributed by atoms with Crippen molar-refractivity contribution in [1.29, 1.82) is 0 Å². The van der Waals surface area contributed by atoms with Gasteiger partial charge in [-0.25, -0.2) is 4.99 Å². The van der Waals surface area contributed by atoms with Gasteiger partial charge < -0.3 is 15.2 Å². The van der Waals surface area contributed by atoms with E-state index in [2.05, 4.69) is 11.9 Å². The maximum atomic E-state index is 5.63. The van der Waals surface area contributed by atoms with Gasteiger partial charge in [-0.2, -0.15) is 0 Å². The second-order valence-corrected chi connectivity index (χ2v) is 3.92. The van der Waals surface area contributed by atoms with Crippen molar-refractivity contribution in [2.24, 2.45) is 10.7 Å². The lowest BCUT2D eigenvalue weighted by Gasteiger charge is -2.40. The van der Waals surface area contributed by atoms with Gasteiger partial charge in [0.05, 0.1) is 19.3 Å². The molecule has 13 heavy (non-hydrogen) atoms. The SMILES string of the molecule is CC1CC2(CCOCC2)OC(N)=N1. The second-order valence-electron chi connectivity index (χ2n) is 3.92. The van der Waals surface area contributed by atoms with E-state index in [1.807, 2.05) is 0 Å². The molecule has 0 amide bonds. The van der Waals surface area contributed by atoms with Crippen LogP contribution < -0.4 is 5.73 Å². The zero-order valence-electron chi connectivity index (χ0n) is 7.95. The monoisotopic (exact) mass is 184 g/mol. The predicted molar refractivity (Wildman–Crippen MR) is 49.6 cm³/mol. The van der Waals surface area contributed by atoms with E-state index in [-0.39, 0.29) is 11.6 Å². The van der Waals surface area contributed by atoms with Crippen LogP contribution in [-0.4, -0.2) is 30.9 Å². The van der Waals surface area contributed by atoms with Crippen molar-refractivity contribution >= 4 is 6.02 Å². The molecule has 0 aliphatic carbocycles. The highest BCUT2D eigenvalue weighted by atomic mass is 16.5. The van der Waals surface area contributed by atoms with Gasteiger partial charge >= 0.3 is 0 Å². The minimum Gasteiger partial charge on any atom is -0.459 e. The van der Waals surface area contributed by atoms with Crippen LogP contribution in [0, 0.1) is 0 Å². The van der Waals surface area contributed by atoms with Crippen molar-refractivity contribution in [3.63, 3.8) is 0 Å². The van der Waals surface area contributed by atoms with Gasteiger partial charge in [0.15, 0.2) is 0 Å². The number of hydrogen-bond acceptors (Lipinski definition) is 4. The highest BCUT2D eigenvalue weighted by Crippen LogP contribution is 2.33. The van der Waals surface area contributed by atoms with Gasteiger partial charge in [0.2, 0.25) is 0 Å². The first-order chi connectivity index (χ1) is 6.20. The van der Waals surface area contributed by atoms with Crippen molar-refractivity contribution in [2.45, 2.75) is 37.8 Å². The van der Waals surface area contributed by atoms with E-state index < -0.39 is 0 Å². The standard InChI is InChI=1S/C9H16N2O2/c1-7-6-9(13-8(10)11-7)2-4-12-5-3-9/h7H,2-6H2,1H3,(H2,10,11). The zero-order valence-corrected chi connectivity index (χ0v) is 7.95. The molecule has 74 valence electrons. The fourth-order valence-electron chi connectivity index (χ4n) is 2.14. The van der Waals surface area contributed by atoms with Gasteiger partial charge in [-0.05, 0) is 6.92 Å². The molecule has 1 spiro atoms. The molecule has 4 heteroatoms. The highest BCUT2D eigenvalue weighted by molar-refractivity contribution is 5.72. The molecule has 0 aromatic heterocycles. The minimum atomic E-state index is -0.0799. The third kappa shape index (κ3) is 1.77. The quantitative estimate of drug-likeness (QED) is 0.601. The van der Waals surface area contributed by atoms with Gasteiger partial charge in [-0.3, -0.25) is 0 Å². The Balaban J connectivity index is 2.10. The van der Waals surface area contributed by atoms with Gasteiger partial charge in [0.25, 0.3) is 6.02 Å². The van der Waals surface area contributed by atoms with Crippen molar-refractivity contribution in [3.8, 4) is 0 Å². The van der Waals surface area contributed by atoms with Crippen molar-refractivity contribution in [1.82, 2.24) is 0 Å². The van der Waals surface area contributed by atoms with Crippen LogP contribution >= 0.6 is 0 Å². The first kappa shape index (κ1) is 8.81. The third-order valence-electron chi connectivity index (χ3n) is 2.74. The maximum Gasteiger partial charge on any atom is 0.282 e. The summed E-state index contributed by atoms with van der Waals surface area (Å²) in [5.74, 6) is 0. The summed E-state index contributed by atoms with van der Waals surface area (Å²) in [5, 5.41) is 0. The number of nitrogens with zero attached hydrogens (tertiary/aromatic N) is 1. The first-order valence-electron chi connectivity index (χ1n) is 4.80. The zero-order chi connectivity index (χ0) is 9.31. The lowest BCUT2D eigenvalue weighted by atomic mass is 9.87. The van der Waals surface area contributed by atoms with Crippen LogP contribution in [0.25, 0.3) is 0 Å². The molecule has 2 aliphatic heterocycles. The van der Waals surface area contributed by atoms with Gasteiger partial charge in [-0.1, -0.05) is 0 Å². The van der Waals surface area contributed by atoms with Crippen LogP contribution in [-0.2, 0) is 9.47 Å². The number of rotatable bonds is 0. The predicted octanol–water partition coefficient (Wildman–Crippen LogP) is 0.659. The topological polar surface area (TPSA) is 56.8 Å². The summed E-state index contributed by atoms with van der Waals surface area (Å²) in [7, 11) is 0. The smallest absolute Gasteiger partial charge is 0.282 e. The van der Waals surface area contributed by atoms with Crippen LogP contribution in [0.2, 0.25) is 0 Å². The summed E-state index contributed by atoms with van der Waals surface area (Å²) in [5.41, 5.74) is 5.54. The molecule has 0 radical (unpaired) electrons. The summed E-state index contributed by atoms with van der Waals surface area (Å²) in [6, 6.07) is 0.632. The third-order valence-corrected chi connectivity index (χ3v) is 2.74. The molecule has 2 N–H and O–H groups in total. The van der Waals surface area contributed by atoms with E-state index >= 15 is 0 Å². The van der Waals surface area contributed by atoms with Gasteiger partial charge in [0.1, 0.15) is 5.60 Å². The Morgan fingerprint density at radius 2 is 2.15 bits per heavy atom. The maximum absolute atomic E-state index is 5.63. The van der Waals surface area contributed by atoms with Crippen LogP contribution in [0.5, 0.6) is 0 Å². The highest BCUT2D eigenvalue weighted by Gasteiger charge is 2.39. The van der Waals surface area contributed by atoms with Crippen molar-refractivity contribution < 1.29 is 9.47 Å². The second kappa shape index (κ2) is 3.18. The largest absolute Gasteiger partial charge is 0.459 e. The molecule has 2 heterocycles. The number of amidine groups is 1. The molecule has 0 aromatic carbocycles. The molecule has 1 fully saturated rings. The Morgan fingerprint density at radius 3 is 2.77 bits per heavy atom. The Labute approximate surface area is 78.1 Å². The van der Waals surface area contributed by atoms with E-state index in [0.29, 0.717) is 6.02 Å². The summed E-state index contributed by atoms with van der Waals surface area (Å²) in [4.78, 5) is 4.16. The van der Waals surface area contributed by atoms with E-state index in [9.17, 15) is 0 Å². The fraction of sp³-hybridized carbons (Fsp3) is 0.889. The number of aliphatic imine (C=N–C) groups is 1. The molecule has 2 rings (SSSR count). The molecule has 1 atom stereocenters. The van der Waals surface area contributed by atoms with Crippen molar-refractivity contribution in [2.75, 3.05) is 13.2 Å². The van der Waals surface area contributed by atoms with E-state index in [1.165, 1.54) is 0 Å². The Morgan fingerprint density at radius 1 is 1.46 bits per heavy atom. The Hall–Kier alpha value is -0.770. The van der Waals surface area contributed by atoms with Gasteiger partial charge in [-0.15, -0.1) is 0 Å². The fourth-order valence-corrected chi connectivity index (χ4v) is 2.14. The summed E-state index contributed by atoms with van der Waals surface area (Å²) >= 11 is 0. The normalized spacial score (nSPS) is 32.4. The van der Waals surface area contributed by atoms with Crippen molar-refractivity contribution in [3.05, 3.63) is 0 Å². The minimum absolute atomic E-state index is 0.0799. The summed E-state index contributed by atoms with van der Waals surface area (Å²) in [6.45, 7) is 3.63. The van der Waals surface area contributed by atoms with E-state index in [1.54, 1.807) is 0 Å². The molecular weight excluding hydrogens is 168 g/mol. The molecule has 0 saturated carbocycles. The molecule has 0 bridgehead atoms. The average Bonchev–Trinajstić information content (AvgIpc) is 2.02. The molecule has 0 aromatic rings. The van der Waals surface area contributed by atoms with E-state index in [4.69, 9.17) is 15.2 Å². The molecule has 1 unspecified atom stereocenters. The van der Waals surface area contributed by atoms with Crippen LogP contribution in [0.1, 0.15) is 26.2 Å². The lowest BCUT2D eigenvalue weighted by molar-refractivity contribution is -0.0685. The average molecular weight is 184 g/mol. The van der Waals surface area contributed by atoms with Crippen LogP contribution in [0.4, 0.5) is 0 Å².